The first-order chi connectivity index (χ1) is 8.22. The van der Waals surface area contributed by atoms with Crippen LogP contribution >= 0.6 is 0 Å². The zero-order valence-corrected chi connectivity index (χ0v) is 11.3. The fourth-order valence-corrected chi connectivity index (χ4v) is 1.93. The van der Waals surface area contributed by atoms with Gasteiger partial charge in [0.15, 0.2) is 0 Å². The molecular weight excluding hydrogens is 214 g/mol. The van der Waals surface area contributed by atoms with Gasteiger partial charge in [0.2, 0.25) is 0 Å². The summed E-state index contributed by atoms with van der Waals surface area (Å²) in [5.74, 6) is 0. The van der Waals surface area contributed by atoms with Crippen LogP contribution in [0.1, 0.15) is 40.0 Å². The molecule has 0 radical (unpaired) electrons. The maximum atomic E-state index is 12.0. The fourth-order valence-electron chi connectivity index (χ4n) is 1.93. The maximum Gasteiger partial charge on any atom is 0.328 e. The minimum absolute atomic E-state index is 0.114. The molecule has 17 heavy (non-hydrogen) atoms. The van der Waals surface area contributed by atoms with Crippen LogP contribution in [0.5, 0.6) is 0 Å². The number of rotatable bonds is 8. The average Bonchev–Trinajstić information content (AvgIpc) is 2.67. The third-order valence-electron chi connectivity index (χ3n) is 2.98. The van der Waals surface area contributed by atoms with E-state index in [1.165, 1.54) is 0 Å². The van der Waals surface area contributed by atoms with E-state index in [0.717, 1.165) is 38.9 Å². The van der Waals surface area contributed by atoms with Crippen LogP contribution in [0, 0.1) is 0 Å². The van der Waals surface area contributed by atoms with Gasteiger partial charge in [-0.15, -0.1) is 0 Å². The van der Waals surface area contributed by atoms with Gasteiger partial charge in [0.05, 0.1) is 0 Å². The lowest BCUT2D eigenvalue weighted by atomic mass is 10.2. The predicted molar refractivity (Wildman–Crippen MR) is 71.4 cm³/mol. The van der Waals surface area contributed by atoms with Crippen molar-refractivity contribution in [2.75, 3.05) is 6.54 Å². The van der Waals surface area contributed by atoms with E-state index in [2.05, 4.69) is 26.1 Å². The lowest BCUT2D eigenvalue weighted by Crippen LogP contribution is -2.36. The Kier molecular flexibility index (Phi) is 6.05. The maximum absolute atomic E-state index is 12.0. The second-order valence-electron chi connectivity index (χ2n) is 4.49. The first kappa shape index (κ1) is 14.0. The molecule has 0 fully saturated rings. The van der Waals surface area contributed by atoms with Crippen molar-refractivity contribution in [3.05, 3.63) is 22.9 Å². The van der Waals surface area contributed by atoms with E-state index in [1.54, 1.807) is 4.57 Å². The standard InChI is InChI=1S/C13H25N3O/c1-4-7-14-12(6-3)11-16-10-9-15(8-5-2)13(16)17/h9-10,12,14H,4-8,11H2,1-3H3. The van der Waals surface area contributed by atoms with Crippen molar-refractivity contribution >= 4 is 0 Å². The number of imidazole rings is 1. The molecule has 1 atom stereocenters. The van der Waals surface area contributed by atoms with Gasteiger partial charge in [-0.25, -0.2) is 4.79 Å². The minimum atomic E-state index is 0.114. The summed E-state index contributed by atoms with van der Waals surface area (Å²) in [5.41, 5.74) is 0.114. The van der Waals surface area contributed by atoms with Crippen LogP contribution in [0.4, 0.5) is 0 Å². The van der Waals surface area contributed by atoms with Crippen LogP contribution in [0.25, 0.3) is 0 Å². The van der Waals surface area contributed by atoms with Crippen LogP contribution in [-0.2, 0) is 13.1 Å². The second kappa shape index (κ2) is 7.33. The van der Waals surface area contributed by atoms with E-state index in [0.29, 0.717) is 6.04 Å². The van der Waals surface area contributed by atoms with E-state index < -0.39 is 0 Å². The molecule has 0 aliphatic carbocycles. The molecule has 1 heterocycles. The smallest absolute Gasteiger partial charge is 0.312 e. The molecule has 98 valence electrons. The van der Waals surface area contributed by atoms with E-state index in [9.17, 15) is 4.79 Å². The van der Waals surface area contributed by atoms with Gasteiger partial charge in [-0.2, -0.15) is 0 Å². The molecule has 0 saturated carbocycles. The zero-order chi connectivity index (χ0) is 12.7. The van der Waals surface area contributed by atoms with Crippen molar-refractivity contribution in [3.8, 4) is 0 Å². The Morgan fingerprint density at radius 3 is 2.47 bits per heavy atom. The first-order valence-corrected chi connectivity index (χ1v) is 6.71. The lowest BCUT2D eigenvalue weighted by molar-refractivity contribution is 0.427. The molecule has 1 N–H and O–H groups in total. The summed E-state index contributed by atoms with van der Waals surface area (Å²) in [6.07, 6.45) is 6.95. The monoisotopic (exact) mass is 239 g/mol. The highest BCUT2D eigenvalue weighted by Gasteiger charge is 2.09. The summed E-state index contributed by atoms with van der Waals surface area (Å²) in [5, 5.41) is 3.47. The van der Waals surface area contributed by atoms with Gasteiger partial charge in [-0.05, 0) is 25.8 Å². The topological polar surface area (TPSA) is 39.0 Å². The second-order valence-corrected chi connectivity index (χ2v) is 4.49. The average molecular weight is 239 g/mol. The molecule has 1 rings (SSSR count). The van der Waals surface area contributed by atoms with Crippen LogP contribution in [-0.4, -0.2) is 21.7 Å². The van der Waals surface area contributed by atoms with E-state index in [1.807, 2.05) is 17.0 Å². The summed E-state index contributed by atoms with van der Waals surface area (Å²) in [6.45, 7) is 8.99. The Hall–Kier alpha value is -1.03. The van der Waals surface area contributed by atoms with Gasteiger partial charge in [-0.3, -0.25) is 9.13 Å². The Morgan fingerprint density at radius 1 is 1.18 bits per heavy atom. The van der Waals surface area contributed by atoms with Gasteiger partial charge < -0.3 is 5.32 Å². The molecule has 0 bridgehead atoms. The van der Waals surface area contributed by atoms with Crippen LogP contribution < -0.4 is 11.0 Å². The zero-order valence-electron chi connectivity index (χ0n) is 11.3. The van der Waals surface area contributed by atoms with Gasteiger partial charge in [0.25, 0.3) is 0 Å². The van der Waals surface area contributed by atoms with Crippen molar-refractivity contribution in [2.24, 2.45) is 0 Å². The molecule has 0 aliphatic heterocycles. The molecule has 4 heteroatoms. The highest BCUT2D eigenvalue weighted by Crippen LogP contribution is 1.96. The molecule has 1 aromatic rings. The summed E-state index contributed by atoms with van der Waals surface area (Å²) >= 11 is 0. The Balaban J connectivity index is 2.63. The molecule has 4 nitrogen and oxygen atoms in total. The van der Waals surface area contributed by atoms with Crippen molar-refractivity contribution in [3.63, 3.8) is 0 Å². The quantitative estimate of drug-likeness (QED) is 0.752. The summed E-state index contributed by atoms with van der Waals surface area (Å²) in [4.78, 5) is 12.0. The van der Waals surface area contributed by atoms with Gasteiger partial charge >= 0.3 is 5.69 Å². The van der Waals surface area contributed by atoms with Crippen LogP contribution in [0.2, 0.25) is 0 Å². The van der Waals surface area contributed by atoms with Crippen molar-refractivity contribution < 1.29 is 0 Å². The molecule has 1 unspecified atom stereocenters. The molecule has 0 saturated heterocycles. The number of hydrogen-bond acceptors (Lipinski definition) is 2. The number of hydrogen-bond donors (Lipinski definition) is 1. The Bertz CT molecular complexity index is 367. The van der Waals surface area contributed by atoms with E-state index >= 15 is 0 Å². The number of aromatic nitrogens is 2. The lowest BCUT2D eigenvalue weighted by Gasteiger charge is -2.16. The highest BCUT2D eigenvalue weighted by atomic mass is 16.1. The van der Waals surface area contributed by atoms with Crippen LogP contribution in [0.3, 0.4) is 0 Å². The number of nitrogens with one attached hydrogen (secondary N) is 1. The molecule has 0 spiro atoms. The molecular formula is C13H25N3O. The SMILES string of the molecule is CCCNC(CC)Cn1ccn(CCC)c1=O. The van der Waals surface area contributed by atoms with Gasteiger partial charge in [0, 0.05) is 31.5 Å². The Morgan fingerprint density at radius 2 is 1.88 bits per heavy atom. The van der Waals surface area contributed by atoms with Crippen molar-refractivity contribution in [2.45, 2.75) is 59.2 Å². The van der Waals surface area contributed by atoms with E-state index in [4.69, 9.17) is 0 Å². The molecule has 0 amide bonds. The normalized spacial score (nSPS) is 12.9. The van der Waals surface area contributed by atoms with Gasteiger partial charge in [0.1, 0.15) is 0 Å². The third-order valence-corrected chi connectivity index (χ3v) is 2.98. The minimum Gasteiger partial charge on any atom is -0.312 e. The predicted octanol–water partition coefficient (Wildman–Crippen LogP) is 1.84. The largest absolute Gasteiger partial charge is 0.328 e. The number of nitrogens with zero attached hydrogens (tertiary/aromatic N) is 2. The molecule has 1 aromatic heterocycles. The fraction of sp³-hybridized carbons (Fsp3) is 0.769. The Labute approximate surface area is 104 Å². The van der Waals surface area contributed by atoms with Crippen molar-refractivity contribution in [1.82, 2.24) is 14.5 Å². The first-order valence-electron chi connectivity index (χ1n) is 6.71. The molecule has 0 aromatic carbocycles. The summed E-state index contributed by atoms with van der Waals surface area (Å²) < 4.78 is 3.60. The molecule has 0 aliphatic rings. The highest BCUT2D eigenvalue weighted by molar-refractivity contribution is 4.83. The summed E-state index contributed by atoms with van der Waals surface area (Å²) in [6, 6.07) is 0.394. The summed E-state index contributed by atoms with van der Waals surface area (Å²) in [7, 11) is 0. The van der Waals surface area contributed by atoms with Crippen LogP contribution in [0.15, 0.2) is 17.2 Å². The van der Waals surface area contributed by atoms with Gasteiger partial charge in [-0.1, -0.05) is 20.8 Å². The number of aryl methyl sites for hydroxylation is 1. The third kappa shape index (κ3) is 4.04. The van der Waals surface area contributed by atoms with E-state index in [-0.39, 0.29) is 5.69 Å². The van der Waals surface area contributed by atoms with Crippen molar-refractivity contribution in [1.29, 1.82) is 0 Å².